The Kier molecular flexibility index (Phi) is 6.29. The van der Waals surface area contributed by atoms with Crippen LogP contribution in [-0.4, -0.2) is 31.7 Å². The van der Waals surface area contributed by atoms with Crippen molar-refractivity contribution in [2.75, 3.05) is 25.1 Å². The minimum atomic E-state index is -0.654. The molecule has 5 nitrogen and oxygen atoms in total. The number of amides is 1. The Hall–Kier alpha value is -2.18. The Morgan fingerprint density at radius 2 is 1.85 bits per heavy atom. The van der Waals surface area contributed by atoms with Gasteiger partial charge in [0, 0.05) is 23.4 Å². The van der Waals surface area contributed by atoms with Crippen LogP contribution in [0.25, 0.3) is 0 Å². The van der Waals surface area contributed by atoms with Gasteiger partial charge in [-0.05, 0) is 55.7 Å². The van der Waals surface area contributed by atoms with E-state index in [1.807, 2.05) is 24.3 Å². The Morgan fingerprint density at radius 3 is 2.52 bits per heavy atom. The van der Waals surface area contributed by atoms with E-state index in [-0.39, 0.29) is 5.91 Å². The zero-order chi connectivity index (χ0) is 19.3. The van der Waals surface area contributed by atoms with Crippen molar-refractivity contribution >= 4 is 33.5 Å². The van der Waals surface area contributed by atoms with Gasteiger partial charge in [-0.3, -0.25) is 4.79 Å². The number of nitrogens with one attached hydrogen (secondary N) is 1. The smallest absolute Gasteiger partial charge is 0.338 e. The van der Waals surface area contributed by atoms with E-state index in [2.05, 4.69) is 21.2 Å². The maximum Gasteiger partial charge on any atom is 0.338 e. The molecule has 0 unspecified atom stereocenters. The van der Waals surface area contributed by atoms with Gasteiger partial charge in [0.25, 0.3) is 0 Å². The van der Waals surface area contributed by atoms with Crippen molar-refractivity contribution in [2.24, 2.45) is 0 Å². The molecule has 0 bridgehead atoms. The number of rotatable bonds is 5. The average molecular weight is 432 g/mol. The lowest BCUT2D eigenvalue weighted by atomic mass is 9.73. The number of carbonyl (C=O) groups excluding carboxylic acids is 2. The molecule has 1 N–H and O–H groups in total. The topological polar surface area (TPSA) is 64.6 Å². The second kappa shape index (κ2) is 8.67. The Bertz CT molecular complexity index is 813. The molecule has 1 aliphatic rings. The van der Waals surface area contributed by atoms with Crippen molar-refractivity contribution in [3.8, 4) is 0 Å². The molecule has 1 fully saturated rings. The van der Waals surface area contributed by atoms with Crippen molar-refractivity contribution < 1.29 is 19.1 Å². The summed E-state index contributed by atoms with van der Waals surface area (Å²) in [6.45, 7) is 3.14. The summed E-state index contributed by atoms with van der Waals surface area (Å²) >= 11 is 3.44. The monoisotopic (exact) mass is 431 g/mol. The minimum Gasteiger partial charge on any atom is -0.462 e. The molecule has 2 aromatic carbocycles. The van der Waals surface area contributed by atoms with Crippen LogP contribution in [0.5, 0.6) is 0 Å². The van der Waals surface area contributed by atoms with Crippen LogP contribution < -0.4 is 5.32 Å². The molecule has 0 radical (unpaired) electrons. The SMILES string of the molecule is CCOC(=O)c1cccc(NC(=O)C2(c3ccc(Br)cc3)CCOCC2)c1. The van der Waals surface area contributed by atoms with Crippen molar-refractivity contribution in [1.29, 1.82) is 0 Å². The number of hydrogen-bond acceptors (Lipinski definition) is 4. The van der Waals surface area contributed by atoms with Gasteiger partial charge in [-0.2, -0.15) is 0 Å². The number of ether oxygens (including phenoxy) is 2. The molecule has 27 heavy (non-hydrogen) atoms. The normalized spacial score (nSPS) is 15.8. The summed E-state index contributed by atoms with van der Waals surface area (Å²) in [5.74, 6) is -0.489. The van der Waals surface area contributed by atoms with E-state index >= 15 is 0 Å². The summed E-state index contributed by atoms with van der Waals surface area (Å²) in [5, 5.41) is 2.99. The van der Waals surface area contributed by atoms with E-state index in [9.17, 15) is 9.59 Å². The molecule has 6 heteroatoms. The lowest BCUT2D eigenvalue weighted by Crippen LogP contribution is -2.44. The van der Waals surface area contributed by atoms with Gasteiger partial charge in [0.2, 0.25) is 5.91 Å². The van der Waals surface area contributed by atoms with Crippen LogP contribution in [-0.2, 0) is 19.7 Å². The van der Waals surface area contributed by atoms with Gasteiger partial charge in [-0.25, -0.2) is 4.79 Å². The molecule has 1 saturated heterocycles. The number of esters is 1. The Labute approximate surface area is 167 Å². The van der Waals surface area contributed by atoms with Crippen LogP contribution in [0.1, 0.15) is 35.7 Å². The Morgan fingerprint density at radius 1 is 1.15 bits per heavy atom. The molecule has 1 amide bonds. The van der Waals surface area contributed by atoms with Crippen molar-refractivity contribution in [3.63, 3.8) is 0 Å². The van der Waals surface area contributed by atoms with Crippen LogP contribution in [0, 0.1) is 0 Å². The van der Waals surface area contributed by atoms with Crippen LogP contribution in [0.4, 0.5) is 5.69 Å². The first-order chi connectivity index (χ1) is 13.0. The van der Waals surface area contributed by atoms with Crippen LogP contribution in [0.15, 0.2) is 53.0 Å². The highest BCUT2D eigenvalue weighted by molar-refractivity contribution is 9.10. The lowest BCUT2D eigenvalue weighted by Gasteiger charge is -2.36. The van der Waals surface area contributed by atoms with Crippen LogP contribution in [0.3, 0.4) is 0 Å². The van der Waals surface area contributed by atoms with Crippen molar-refractivity contribution in [3.05, 3.63) is 64.1 Å². The fourth-order valence-corrected chi connectivity index (χ4v) is 3.59. The summed E-state index contributed by atoms with van der Waals surface area (Å²) < 4.78 is 11.5. The summed E-state index contributed by atoms with van der Waals surface area (Å²) in [6.07, 6.45) is 1.22. The summed E-state index contributed by atoms with van der Waals surface area (Å²) in [6, 6.07) is 14.7. The second-order valence-electron chi connectivity index (χ2n) is 6.46. The van der Waals surface area contributed by atoms with E-state index in [1.165, 1.54) is 0 Å². The molecule has 0 aromatic heterocycles. The molecule has 0 spiro atoms. The molecule has 0 saturated carbocycles. The Balaban J connectivity index is 1.86. The molecular weight excluding hydrogens is 410 g/mol. The molecule has 2 aromatic rings. The highest BCUT2D eigenvalue weighted by Crippen LogP contribution is 2.36. The van der Waals surface area contributed by atoms with Gasteiger partial charge in [0.05, 0.1) is 17.6 Å². The van der Waals surface area contributed by atoms with Gasteiger partial charge < -0.3 is 14.8 Å². The number of halogens is 1. The van der Waals surface area contributed by atoms with Crippen LogP contribution in [0.2, 0.25) is 0 Å². The molecular formula is C21H22BrNO4. The van der Waals surface area contributed by atoms with Gasteiger partial charge >= 0.3 is 5.97 Å². The molecule has 1 aliphatic heterocycles. The standard InChI is InChI=1S/C21H22BrNO4/c1-2-27-19(24)15-4-3-5-18(14-15)23-20(25)21(10-12-26-13-11-21)16-6-8-17(22)9-7-16/h3-9,14H,2,10-13H2,1H3,(H,23,25). The molecule has 3 rings (SSSR count). The van der Waals surface area contributed by atoms with E-state index in [0.29, 0.717) is 43.9 Å². The summed E-state index contributed by atoms with van der Waals surface area (Å²) in [4.78, 5) is 25.2. The quantitative estimate of drug-likeness (QED) is 0.716. The summed E-state index contributed by atoms with van der Waals surface area (Å²) in [5.41, 5.74) is 1.31. The highest BCUT2D eigenvalue weighted by Gasteiger charge is 2.41. The van der Waals surface area contributed by atoms with E-state index in [4.69, 9.17) is 9.47 Å². The molecule has 0 aliphatic carbocycles. The number of anilines is 1. The highest BCUT2D eigenvalue weighted by atomic mass is 79.9. The fourth-order valence-electron chi connectivity index (χ4n) is 3.32. The summed E-state index contributed by atoms with van der Waals surface area (Å²) in [7, 11) is 0. The van der Waals surface area contributed by atoms with Crippen molar-refractivity contribution in [1.82, 2.24) is 0 Å². The molecule has 0 atom stereocenters. The van der Waals surface area contributed by atoms with E-state index < -0.39 is 11.4 Å². The maximum atomic E-state index is 13.3. The van der Waals surface area contributed by atoms with Gasteiger partial charge in [-0.15, -0.1) is 0 Å². The van der Waals surface area contributed by atoms with Crippen LogP contribution >= 0.6 is 15.9 Å². The number of carbonyl (C=O) groups is 2. The largest absolute Gasteiger partial charge is 0.462 e. The van der Waals surface area contributed by atoms with E-state index in [1.54, 1.807) is 31.2 Å². The van der Waals surface area contributed by atoms with E-state index in [0.717, 1.165) is 10.0 Å². The third kappa shape index (κ3) is 4.39. The lowest BCUT2D eigenvalue weighted by molar-refractivity contribution is -0.125. The van der Waals surface area contributed by atoms with Gasteiger partial charge in [-0.1, -0.05) is 34.1 Å². The van der Waals surface area contributed by atoms with Crippen molar-refractivity contribution in [2.45, 2.75) is 25.2 Å². The zero-order valence-electron chi connectivity index (χ0n) is 15.2. The van der Waals surface area contributed by atoms with Gasteiger partial charge in [0.1, 0.15) is 0 Å². The number of hydrogen-bond donors (Lipinski definition) is 1. The third-order valence-corrected chi connectivity index (χ3v) is 5.34. The first-order valence-corrected chi connectivity index (χ1v) is 9.77. The average Bonchev–Trinajstić information content (AvgIpc) is 2.69. The molecule has 142 valence electrons. The fraction of sp³-hybridized carbons (Fsp3) is 0.333. The third-order valence-electron chi connectivity index (χ3n) is 4.81. The second-order valence-corrected chi connectivity index (χ2v) is 7.37. The van der Waals surface area contributed by atoms with Gasteiger partial charge in [0.15, 0.2) is 0 Å². The predicted molar refractivity (Wildman–Crippen MR) is 107 cm³/mol. The first kappa shape index (κ1) is 19.6. The molecule has 1 heterocycles. The minimum absolute atomic E-state index is 0.0888. The predicted octanol–water partition coefficient (Wildman–Crippen LogP) is 4.31. The first-order valence-electron chi connectivity index (χ1n) is 8.97. The maximum absolute atomic E-state index is 13.3. The number of benzene rings is 2. The zero-order valence-corrected chi connectivity index (χ0v) is 16.8.